The molecule has 194 valence electrons. The molecule has 2 saturated heterocycles. The van der Waals surface area contributed by atoms with E-state index in [4.69, 9.17) is 0 Å². The molecule has 2 aliphatic heterocycles. The van der Waals surface area contributed by atoms with Crippen LogP contribution in [0.5, 0.6) is 0 Å². The number of hydrogen-bond donors (Lipinski definition) is 3. The number of benzene rings is 2. The Labute approximate surface area is 223 Å². The van der Waals surface area contributed by atoms with Gasteiger partial charge < -0.3 is 15.3 Å². The number of aliphatic hydroxyl groups is 1. The number of rotatable bonds is 9. The highest BCUT2D eigenvalue weighted by molar-refractivity contribution is 7.99. The van der Waals surface area contributed by atoms with Gasteiger partial charge in [0, 0.05) is 24.7 Å². The summed E-state index contributed by atoms with van der Waals surface area (Å²) in [4.78, 5) is 19.3. The van der Waals surface area contributed by atoms with Gasteiger partial charge in [0.25, 0.3) is 0 Å². The zero-order valence-electron chi connectivity index (χ0n) is 21.1. The van der Waals surface area contributed by atoms with Crippen LogP contribution in [0.25, 0.3) is 0 Å². The van der Waals surface area contributed by atoms with E-state index < -0.39 is 5.60 Å². The smallest absolute Gasteiger partial charge is 0.238 e. The van der Waals surface area contributed by atoms with E-state index >= 15 is 0 Å². The third-order valence-electron chi connectivity index (χ3n) is 7.64. The zero-order chi connectivity index (χ0) is 25.5. The molecule has 2 aliphatic rings. The molecule has 3 N–H and O–H groups in total. The molecule has 2 unspecified atom stereocenters. The maximum Gasteiger partial charge on any atom is 0.238 e. The van der Waals surface area contributed by atoms with Gasteiger partial charge in [-0.05, 0) is 67.6 Å². The lowest BCUT2D eigenvalue weighted by Gasteiger charge is -2.42. The van der Waals surface area contributed by atoms with E-state index in [-0.39, 0.29) is 23.2 Å². The Bertz CT molecular complexity index is 1080. The SMILES string of the molecule is O=C(NCCCN1CCC(C(O)(c2ccccc2)c2ccccc2)CC1)C1CSC(c2cccnc2)N1. The van der Waals surface area contributed by atoms with Crippen molar-refractivity contribution in [1.29, 1.82) is 0 Å². The molecule has 37 heavy (non-hydrogen) atoms. The Kier molecular flexibility index (Phi) is 8.56. The summed E-state index contributed by atoms with van der Waals surface area (Å²) in [5, 5.41) is 18.7. The van der Waals surface area contributed by atoms with Gasteiger partial charge >= 0.3 is 0 Å². The molecule has 7 heteroatoms. The van der Waals surface area contributed by atoms with Crippen molar-refractivity contribution in [2.75, 3.05) is 31.9 Å². The van der Waals surface area contributed by atoms with Gasteiger partial charge in [-0.3, -0.25) is 15.1 Å². The van der Waals surface area contributed by atoms with Crippen molar-refractivity contribution in [1.82, 2.24) is 20.5 Å². The number of nitrogens with zero attached hydrogens (tertiary/aromatic N) is 2. The number of hydrogen-bond acceptors (Lipinski definition) is 6. The summed E-state index contributed by atoms with van der Waals surface area (Å²) >= 11 is 1.75. The lowest BCUT2D eigenvalue weighted by atomic mass is 9.72. The maximum atomic E-state index is 12.7. The third-order valence-corrected chi connectivity index (χ3v) is 8.91. The van der Waals surface area contributed by atoms with E-state index in [2.05, 4.69) is 20.5 Å². The Balaban J connectivity index is 1.08. The molecule has 0 saturated carbocycles. The normalized spacial score (nSPS) is 21.1. The average molecular weight is 517 g/mol. The van der Waals surface area contributed by atoms with Crippen molar-refractivity contribution in [3.63, 3.8) is 0 Å². The van der Waals surface area contributed by atoms with Crippen molar-refractivity contribution in [2.24, 2.45) is 5.92 Å². The first kappa shape index (κ1) is 25.9. The van der Waals surface area contributed by atoms with Crippen LogP contribution in [0.1, 0.15) is 41.3 Å². The Morgan fingerprint density at radius 3 is 2.32 bits per heavy atom. The van der Waals surface area contributed by atoms with E-state index in [0.717, 1.165) is 61.3 Å². The molecule has 5 rings (SSSR count). The van der Waals surface area contributed by atoms with E-state index in [0.29, 0.717) is 6.54 Å². The third kappa shape index (κ3) is 6.07. The van der Waals surface area contributed by atoms with Crippen LogP contribution in [0.15, 0.2) is 85.2 Å². The van der Waals surface area contributed by atoms with Gasteiger partial charge in [-0.2, -0.15) is 0 Å². The molecule has 6 nitrogen and oxygen atoms in total. The van der Waals surface area contributed by atoms with Crippen molar-refractivity contribution in [3.8, 4) is 0 Å². The molecule has 0 bridgehead atoms. The predicted octanol–water partition coefficient (Wildman–Crippen LogP) is 3.94. The minimum atomic E-state index is -0.984. The molecule has 1 amide bonds. The minimum absolute atomic E-state index is 0.0772. The molecular weight excluding hydrogens is 480 g/mol. The maximum absolute atomic E-state index is 12.7. The van der Waals surface area contributed by atoms with Gasteiger partial charge in [0.05, 0.1) is 11.4 Å². The second-order valence-electron chi connectivity index (χ2n) is 9.98. The largest absolute Gasteiger partial charge is 0.380 e. The summed E-state index contributed by atoms with van der Waals surface area (Å²) in [7, 11) is 0. The number of nitrogens with one attached hydrogen (secondary N) is 2. The number of amides is 1. The van der Waals surface area contributed by atoms with E-state index in [1.165, 1.54) is 0 Å². The highest BCUT2D eigenvalue weighted by atomic mass is 32.2. The number of aromatic nitrogens is 1. The van der Waals surface area contributed by atoms with Crippen molar-refractivity contribution < 1.29 is 9.90 Å². The lowest BCUT2D eigenvalue weighted by Crippen LogP contribution is -2.45. The number of piperidine rings is 1. The van der Waals surface area contributed by atoms with Crippen molar-refractivity contribution in [2.45, 2.75) is 36.3 Å². The fourth-order valence-electron chi connectivity index (χ4n) is 5.58. The number of carbonyl (C=O) groups is 1. The summed E-state index contributed by atoms with van der Waals surface area (Å²) < 4.78 is 0. The van der Waals surface area contributed by atoms with Crippen LogP contribution in [0.4, 0.5) is 0 Å². The standard InChI is InChI=1S/C30H36N4O2S/c35-28(27-22-37-29(33-27)23-9-7-16-31-21-23)32-17-8-18-34-19-14-26(15-20-34)30(36,24-10-3-1-4-11-24)25-12-5-2-6-13-25/h1-7,9-13,16,21,26-27,29,33,36H,8,14-15,17-20,22H2,(H,32,35). The molecule has 3 heterocycles. The fraction of sp³-hybridized carbons (Fsp3) is 0.400. The highest BCUT2D eigenvalue weighted by Crippen LogP contribution is 2.41. The first-order valence-electron chi connectivity index (χ1n) is 13.3. The van der Waals surface area contributed by atoms with Crippen LogP contribution >= 0.6 is 11.8 Å². The molecular formula is C30H36N4O2S. The van der Waals surface area contributed by atoms with Crippen molar-refractivity contribution in [3.05, 3.63) is 102 Å². The second-order valence-corrected chi connectivity index (χ2v) is 11.1. The molecule has 0 aliphatic carbocycles. The van der Waals surface area contributed by atoms with Gasteiger partial charge in [-0.15, -0.1) is 11.8 Å². The molecule has 1 aromatic heterocycles. The van der Waals surface area contributed by atoms with Gasteiger partial charge in [0.15, 0.2) is 0 Å². The highest BCUT2D eigenvalue weighted by Gasteiger charge is 2.41. The Hall–Kier alpha value is -2.71. The van der Waals surface area contributed by atoms with Crippen LogP contribution in [0.2, 0.25) is 0 Å². The molecule has 0 radical (unpaired) electrons. The molecule has 2 aromatic carbocycles. The van der Waals surface area contributed by atoms with E-state index in [1.54, 1.807) is 18.0 Å². The van der Waals surface area contributed by atoms with Crippen molar-refractivity contribution >= 4 is 17.7 Å². The predicted molar refractivity (Wildman–Crippen MR) is 149 cm³/mol. The number of pyridine rings is 1. The summed E-state index contributed by atoms with van der Waals surface area (Å²) in [6, 6.07) is 24.0. The molecule has 2 fully saturated rings. The molecule has 0 spiro atoms. The summed E-state index contributed by atoms with van der Waals surface area (Å²) in [5.74, 6) is 1.00. The van der Waals surface area contributed by atoms with Gasteiger partial charge in [-0.25, -0.2) is 0 Å². The summed E-state index contributed by atoms with van der Waals surface area (Å²) in [5.41, 5.74) is 2.05. The van der Waals surface area contributed by atoms with Gasteiger partial charge in [0.1, 0.15) is 5.60 Å². The van der Waals surface area contributed by atoms with Gasteiger partial charge in [-0.1, -0.05) is 66.7 Å². The number of likely N-dealkylation sites (tertiary alicyclic amines) is 1. The van der Waals surface area contributed by atoms with E-state index in [1.807, 2.05) is 79.0 Å². The quantitative estimate of drug-likeness (QED) is 0.374. The van der Waals surface area contributed by atoms with E-state index in [9.17, 15) is 9.90 Å². The van der Waals surface area contributed by atoms with Crippen LogP contribution in [0.3, 0.4) is 0 Å². The minimum Gasteiger partial charge on any atom is -0.380 e. The topological polar surface area (TPSA) is 77.5 Å². The van der Waals surface area contributed by atoms with Gasteiger partial charge in [0.2, 0.25) is 5.91 Å². The first-order chi connectivity index (χ1) is 18.1. The Morgan fingerprint density at radius 1 is 1.03 bits per heavy atom. The first-order valence-corrected chi connectivity index (χ1v) is 14.3. The van der Waals surface area contributed by atoms with Crippen LogP contribution in [-0.4, -0.2) is 58.9 Å². The fourth-order valence-corrected chi connectivity index (χ4v) is 6.81. The molecule has 3 aromatic rings. The second kappa shape index (κ2) is 12.2. The molecule has 2 atom stereocenters. The zero-order valence-corrected chi connectivity index (χ0v) is 21.9. The lowest BCUT2D eigenvalue weighted by molar-refractivity contribution is -0.122. The summed E-state index contributed by atoms with van der Waals surface area (Å²) in [6.45, 7) is 3.53. The summed E-state index contributed by atoms with van der Waals surface area (Å²) in [6.07, 6.45) is 6.42. The Morgan fingerprint density at radius 2 is 1.70 bits per heavy atom. The number of thioether (sulfide) groups is 1. The monoisotopic (exact) mass is 516 g/mol. The average Bonchev–Trinajstić information content (AvgIpc) is 3.47. The van der Waals surface area contributed by atoms with Crippen LogP contribution in [0, 0.1) is 5.92 Å². The van der Waals surface area contributed by atoms with Crippen LogP contribution in [-0.2, 0) is 10.4 Å². The number of carbonyl (C=O) groups excluding carboxylic acids is 1. The van der Waals surface area contributed by atoms with Crippen LogP contribution < -0.4 is 10.6 Å².